The molecule has 0 spiro atoms. The van der Waals surface area contributed by atoms with Gasteiger partial charge in [0.15, 0.2) is 11.5 Å². The molecule has 3 aromatic rings. The number of nitrogens with one attached hydrogen (secondary N) is 2. The lowest BCUT2D eigenvalue weighted by Gasteiger charge is -2.05. The fourth-order valence-corrected chi connectivity index (χ4v) is 3.57. The van der Waals surface area contributed by atoms with Crippen LogP contribution in [-0.2, 0) is 11.2 Å². The second-order valence-corrected chi connectivity index (χ2v) is 7.98. The topological polar surface area (TPSA) is 169 Å². The molecule has 0 aliphatic heterocycles. The first kappa shape index (κ1) is 24.5. The molecule has 12 nitrogen and oxygen atoms in total. The van der Waals surface area contributed by atoms with E-state index in [2.05, 4.69) is 26.0 Å². The number of anilines is 1. The number of rotatable bonds is 9. The Hall–Kier alpha value is -4.10. The number of phenolic OH excluding ortho intramolecular Hbond substituents is 1. The van der Waals surface area contributed by atoms with Crippen LogP contribution in [0.4, 0.5) is 10.8 Å². The van der Waals surface area contributed by atoms with Crippen molar-refractivity contribution in [2.45, 2.75) is 13.3 Å². The zero-order valence-electron chi connectivity index (χ0n) is 17.5. The van der Waals surface area contributed by atoms with E-state index in [0.717, 1.165) is 17.4 Å². The van der Waals surface area contributed by atoms with Gasteiger partial charge in [-0.2, -0.15) is 5.10 Å². The van der Waals surface area contributed by atoms with Crippen molar-refractivity contribution < 1.29 is 24.4 Å². The van der Waals surface area contributed by atoms with Crippen molar-refractivity contribution in [3.63, 3.8) is 0 Å². The molecule has 2 aromatic carbocycles. The molecule has 176 valence electrons. The molecule has 0 bridgehead atoms. The van der Waals surface area contributed by atoms with Gasteiger partial charge in [-0.05, 0) is 42.8 Å². The number of nitro benzene ring substituents is 1. The highest BCUT2D eigenvalue weighted by Crippen LogP contribution is 2.27. The first-order chi connectivity index (χ1) is 16.3. The van der Waals surface area contributed by atoms with Crippen molar-refractivity contribution in [1.82, 2.24) is 15.6 Å². The van der Waals surface area contributed by atoms with Crippen molar-refractivity contribution in [2.24, 2.45) is 5.10 Å². The van der Waals surface area contributed by atoms with E-state index in [1.54, 1.807) is 19.1 Å². The quantitative estimate of drug-likeness (QED) is 0.227. The molecule has 0 unspecified atom stereocenters. The number of benzene rings is 2. The molecule has 0 fully saturated rings. The highest BCUT2D eigenvalue weighted by molar-refractivity contribution is 7.15. The summed E-state index contributed by atoms with van der Waals surface area (Å²) in [6.07, 6.45) is 1.22. The third-order valence-corrected chi connectivity index (χ3v) is 5.23. The van der Waals surface area contributed by atoms with Crippen LogP contribution in [0.1, 0.15) is 27.9 Å². The summed E-state index contributed by atoms with van der Waals surface area (Å²) in [5.74, 6) is -0.758. The molecular weight excluding hydrogens is 488 g/mol. The van der Waals surface area contributed by atoms with Crippen LogP contribution in [0.25, 0.3) is 0 Å². The minimum absolute atomic E-state index is 0.0449. The highest BCUT2D eigenvalue weighted by atomic mass is 35.5. The van der Waals surface area contributed by atoms with Gasteiger partial charge >= 0.3 is 0 Å². The summed E-state index contributed by atoms with van der Waals surface area (Å²) in [5, 5.41) is 34.9. The van der Waals surface area contributed by atoms with Gasteiger partial charge in [-0.15, -0.1) is 10.2 Å². The Balaban J connectivity index is 1.53. The van der Waals surface area contributed by atoms with Gasteiger partial charge in [0.25, 0.3) is 11.6 Å². The van der Waals surface area contributed by atoms with Gasteiger partial charge in [-0.1, -0.05) is 22.9 Å². The van der Waals surface area contributed by atoms with Crippen LogP contribution in [0.5, 0.6) is 11.5 Å². The molecule has 0 atom stereocenters. The predicted molar refractivity (Wildman–Crippen MR) is 125 cm³/mol. The number of amides is 2. The number of nitrogens with zero attached hydrogens (tertiary/aromatic N) is 4. The summed E-state index contributed by atoms with van der Waals surface area (Å²) < 4.78 is 5.24. The average Bonchev–Trinajstić information content (AvgIpc) is 3.21. The summed E-state index contributed by atoms with van der Waals surface area (Å²) >= 11 is 6.80. The van der Waals surface area contributed by atoms with Crippen LogP contribution in [0.3, 0.4) is 0 Å². The van der Waals surface area contributed by atoms with E-state index in [1.807, 2.05) is 0 Å². The number of hydrogen-bond donors (Lipinski definition) is 3. The fourth-order valence-electron chi connectivity index (χ4n) is 2.59. The number of halogens is 1. The Morgan fingerprint density at radius 3 is 2.76 bits per heavy atom. The number of carbonyl (C=O) groups excluding carboxylic acids is 2. The largest absolute Gasteiger partial charge is 0.504 e. The lowest BCUT2D eigenvalue weighted by atomic mass is 10.2. The van der Waals surface area contributed by atoms with Crippen LogP contribution in [0, 0.1) is 10.1 Å². The van der Waals surface area contributed by atoms with E-state index in [-0.39, 0.29) is 33.6 Å². The second-order valence-electron chi connectivity index (χ2n) is 6.51. The average molecular weight is 505 g/mol. The van der Waals surface area contributed by atoms with E-state index in [4.69, 9.17) is 16.3 Å². The van der Waals surface area contributed by atoms with E-state index in [0.29, 0.717) is 22.9 Å². The number of phenols is 1. The Kier molecular flexibility index (Phi) is 8.05. The number of carbonyl (C=O) groups is 2. The Morgan fingerprint density at radius 2 is 2.09 bits per heavy atom. The lowest BCUT2D eigenvalue weighted by molar-refractivity contribution is -0.384. The standard InChI is InChI=1S/C20H17ClN6O6S/c1-2-33-16-6-3-11(7-15(16)28)10-22-24-17(29)9-18-25-26-20(34-18)23-19(30)12-4-5-14(27(31)32)13(21)8-12/h3-8,10,28H,2,9H2,1H3,(H,24,29)(H,23,26,30)/b22-10-. The molecule has 0 saturated carbocycles. The smallest absolute Gasteiger partial charge is 0.287 e. The molecule has 0 aliphatic rings. The summed E-state index contributed by atoms with van der Waals surface area (Å²) in [7, 11) is 0. The fraction of sp³-hybridized carbons (Fsp3) is 0.150. The van der Waals surface area contributed by atoms with Crippen molar-refractivity contribution in [3.05, 3.63) is 67.7 Å². The SMILES string of the molecule is CCOc1ccc(/C=N\NC(=O)Cc2nnc(NC(=O)c3ccc([N+](=O)[O-])c(Cl)c3)s2)cc1O. The summed E-state index contributed by atoms with van der Waals surface area (Å²) in [5.41, 5.74) is 2.67. The first-order valence-corrected chi connectivity index (χ1v) is 10.8. The maximum absolute atomic E-state index is 12.3. The molecular formula is C20H17ClN6O6S. The number of nitro groups is 1. The first-order valence-electron chi connectivity index (χ1n) is 9.62. The van der Waals surface area contributed by atoms with Crippen molar-refractivity contribution in [2.75, 3.05) is 11.9 Å². The van der Waals surface area contributed by atoms with Gasteiger partial charge in [-0.25, -0.2) is 5.43 Å². The number of hydrazone groups is 1. The third-order valence-electron chi connectivity index (χ3n) is 4.09. The lowest BCUT2D eigenvalue weighted by Crippen LogP contribution is -2.19. The van der Waals surface area contributed by atoms with E-state index in [9.17, 15) is 24.8 Å². The van der Waals surface area contributed by atoms with Crippen molar-refractivity contribution in [1.29, 1.82) is 0 Å². The molecule has 3 rings (SSSR count). The molecule has 2 amide bonds. The molecule has 14 heteroatoms. The maximum atomic E-state index is 12.3. The number of aromatic nitrogens is 2. The van der Waals surface area contributed by atoms with Gasteiger partial charge in [0, 0.05) is 11.6 Å². The summed E-state index contributed by atoms with van der Waals surface area (Å²) in [6.45, 7) is 2.22. The Labute approximate surface area is 201 Å². The van der Waals surface area contributed by atoms with Gasteiger partial charge in [0.1, 0.15) is 10.0 Å². The zero-order chi connectivity index (χ0) is 24.7. The molecule has 0 aliphatic carbocycles. The minimum Gasteiger partial charge on any atom is -0.504 e. The van der Waals surface area contributed by atoms with Crippen molar-refractivity contribution >= 4 is 51.8 Å². The Morgan fingerprint density at radius 1 is 1.29 bits per heavy atom. The monoisotopic (exact) mass is 504 g/mol. The molecule has 1 aromatic heterocycles. The van der Waals surface area contributed by atoms with Gasteiger partial charge in [0.2, 0.25) is 11.0 Å². The van der Waals surface area contributed by atoms with Crippen LogP contribution >= 0.6 is 22.9 Å². The predicted octanol–water partition coefficient (Wildman–Crippen LogP) is 3.15. The minimum atomic E-state index is -0.655. The molecule has 34 heavy (non-hydrogen) atoms. The zero-order valence-corrected chi connectivity index (χ0v) is 19.1. The van der Waals surface area contributed by atoms with Gasteiger partial charge in [0.05, 0.1) is 24.2 Å². The number of aromatic hydroxyl groups is 1. The second kappa shape index (κ2) is 11.2. The van der Waals surface area contributed by atoms with Crippen LogP contribution < -0.4 is 15.5 Å². The van der Waals surface area contributed by atoms with E-state index < -0.39 is 16.7 Å². The normalized spacial score (nSPS) is 10.8. The third kappa shape index (κ3) is 6.46. The highest BCUT2D eigenvalue weighted by Gasteiger charge is 2.17. The molecule has 1 heterocycles. The molecule has 0 saturated heterocycles. The van der Waals surface area contributed by atoms with Crippen molar-refractivity contribution in [3.8, 4) is 11.5 Å². The Bertz CT molecular complexity index is 1260. The molecule has 3 N–H and O–H groups in total. The van der Waals surface area contributed by atoms with Crippen LogP contribution in [0.15, 0.2) is 41.5 Å². The number of hydrogen-bond acceptors (Lipinski definition) is 10. The number of ether oxygens (including phenoxy) is 1. The summed E-state index contributed by atoms with van der Waals surface area (Å²) in [4.78, 5) is 34.5. The van der Waals surface area contributed by atoms with Crippen LogP contribution in [-0.4, -0.2) is 44.9 Å². The van der Waals surface area contributed by atoms with Gasteiger partial charge in [-0.3, -0.25) is 25.0 Å². The van der Waals surface area contributed by atoms with Gasteiger partial charge < -0.3 is 9.84 Å². The molecule has 0 radical (unpaired) electrons. The van der Waals surface area contributed by atoms with Crippen LogP contribution in [0.2, 0.25) is 5.02 Å². The van der Waals surface area contributed by atoms with E-state index >= 15 is 0 Å². The van der Waals surface area contributed by atoms with E-state index in [1.165, 1.54) is 24.4 Å². The maximum Gasteiger partial charge on any atom is 0.287 e. The summed E-state index contributed by atoms with van der Waals surface area (Å²) in [6, 6.07) is 8.26.